The SMILES string of the molecule is CCN1CCC(CNCc2nn(CC)c3ccccc23)C1. The zero-order chi connectivity index (χ0) is 14.7. The van der Waals surface area contributed by atoms with Crippen LogP contribution in [0.2, 0.25) is 0 Å². The number of para-hydroxylation sites is 1. The fraction of sp³-hybridized carbons (Fsp3) is 0.588. The van der Waals surface area contributed by atoms with E-state index in [4.69, 9.17) is 5.10 Å². The summed E-state index contributed by atoms with van der Waals surface area (Å²) in [5.74, 6) is 0.796. The van der Waals surface area contributed by atoms with Gasteiger partial charge in [0.25, 0.3) is 0 Å². The van der Waals surface area contributed by atoms with Gasteiger partial charge in [-0.25, -0.2) is 0 Å². The van der Waals surface area contributed by atoms with Crippen molar-refractivity contribution >= 4 is 10.9 Å². The number of likely N-dealkylation sites (tertiary alicyclic amines) is 1. The van der Waals surface area contributed by atoms with Gasteiger partial charge in [0.15, 0.2) is 0 Å². The average Bonchev–Trinajstić information content (AvgIpc) is 3.12. The summed E-state index contributed by atoms with van der Waals surface area (Å²) in [6.45, 7) is 11.0. The second-order valence-electron chi connectivity index (χ2n) is 5.96. The fourth-order valence-electron chi connectivity index (χ4n) is 3.33. The van der Waals surface area contributed by atoms with Gasteiger partial charge in [0.05, 0.1) is 11.2 Å². The largest absolute Gasteiger partial charge is 0.311 e. The van der Waals surface area contributed by atoms with Crippen LogP contribution in [0, 0.1) is 5.92 Å². The Kier molecular flexibility index (Phi) is 4.56. The quantitative estimate of drug-likeness (QED) is 0.885. The highest BCUT2D eigenvalue weighted by molar-refractivity contribution is 5.81. The number of hydrogen-bond acceptors (Lipinski definition) is 3. The summed E-state index contributed by atoms with van der Waals surface area (Å²) in [6, 6.07) is 8.53. The van der Waals surface area contributed by atoms with Crippen molar-refractivity contribution in [1.29, 1.82) is 0 Å². The number of nitrogens with zero attached hydrogens (tertiary/aromatic N) is 3. The third-order valence-corrected chi connectivity index (χ3v) is 4.58. The van der Waals surface area contributed by atoms with Crippen molar-refractivity contribution in [1.82, 2.24) is 20.0 Å². The van der Waals surface area contributed by atoms with Crippen LogP contribution in [-0.4, -0.2) is 40.9 Å². The summed E-state index contributed by atoms with van der Waals surface area (Å²) in [5, 5.41) is 9.65. The van der Waals surface area contributed by atoms with Gasteiger partial charge < -0.3 is 10.2 Å². The Morgan fingerprint density at radius 3 is 2.86 bits per heavy atom. The van der Waals surface area contributed by atoms with E-state index in [9.17, 15) is 0 Å². The fourth-order valence-corrected chi connectivity index (χ4v) is 3.33. The number of benzene rings is 1. The molecule has 2 aromatic rings. The Morgan fingerprint density at radius 2 is 2.10 bits per heavy atom. The molecule has 0 amide bonds. The molecule has 1 atom stereocenters. The summed E-state index contributed by atoms with van der Waals surface area (Å²) >= 11 is 0. The van der Waals surface area contributed by atoms with Gasteiger partial charge in [0.2, 0.25) is 0 Å². The van der Waals surface area contributed by atoms with Crippen LogP contribution in [0.3, 0.4) is 0 Å². The minimum Gasteiger partial charge on any atom is -0.311 e. The number of fused-ring (bicyclic) bond motifs is 1. The van der Waals surface area contributed by atoms with Gasteiger partial charge in [-0.1, -0.05) is 25.1 Å². The molecule has 1 aromatic heterocycles. The van der Waals surface area contributed by atoms with Crippen molar-refractivity contribution < 1.29 is 0 Å². The number of aryl methyl sites for hydroxylation is 1. The Bertz CT molecular complexity index is 589. The highest BCUT2D eigenvalue weighted by atomic mass is 15.3. The molecule has 1 saturated heterocycles. The molecule has 1 aliphatic heterocycles. The van der Waals surface area contributed by atoms with E-state index in [2.05, 4.69) is 53.0 Å². The second kappa shape index (κ2) is 6.58. The molecule has 3 rings (SSSR count). The van der Waals surface area contributed by atoms with Crippen LogP contribution < -0.4 is 5.32 Å². The topological polar surface area (TPSA) is 33.1 Å². The van der Waals surface area contributed by atoms with E-state index >= 15 is 0 Å². The molecule has 1 aromatic carbocycles. The van der Waals surface area contributed by atoms with Crippen molar-refractivity contribution in [2.45, 2.75) is 33.4 Å². The van der Waals surface area contributed by atoms with Crippen LogP contribution in [0.1, 0.15) is 26.0 Å². The molecule has 0 bridgehead atoms. The van der Waals surface area contributed by atoms with Gasteiger partial charge in [-0.2, -0.15) is 5.10 Å². The van der Waals surface area contributed by atoms with Crippen molar-refractivity contribution in [2.75, 3.05) is 26.2 Å². The minimum absolute atomic E-state index is 0.796. The lowest BCUT2D eigenvalue weighted by atomic mass is 10.1. The van der Waals surface area contributed by atoms with Crippen LogP contribution in [0.15, 0.2) is 24.3 Å². The molecule has 1 aliphatic rings. The number of aromatic nitrogens is 2. The number of rotatable bonds is 6. The lowest BCUT2D eigenvalue weighted by Crippen LogP contribution is -2.26. The first-order valence-electron chi connectivity index (χ1n) is 8.19. The predicted molar refractivity (Wildman–Crippen MR) is 87.3 cm³/mol. The summed E-state index contributed by atoms with van der Waals surface area (Å²) in [4.78, 5) is 2.54. The number of hydrogen-bond donors (Lipinski definition) is 1. The van der Waals surface area contributed by atoms with Crippen molar-refractivity contribution in [3.63, 3.8) is 0 Å². The van der Waals surface area contributed by atoms with Gasteiger partial charge in [0, 0.05) is 25.0 Å². The van der Waals surface area contributed by atoms with Crippen LogP contribution in [-0.2, 0) is 13.1 Å². The average molecular weight is 286 g/mol. The molecular weight excluding hydrogens is 260 g/mol. The van der Waals surface area contributed by atoms with E-state index in [-0.39, 0.29) is 0 Å². The molecule has 1 N–H and O–H groups in total. The molecule has 4 nitrogen and oxygen atoms in total. The van der Waals surface area contributed by atoms with E-state index in [1.807, 2.05) is 0 Å². The van der Waals surface area contributed by atoms with Crippen LogP contribution >= 0.6 is 0 Å². The molecule has 4 heteroatoms. The Balaban J connectivity index is 1.61. The maximum Gasteiger partial charge on any atom is 0.0841 e. The van der Waals surface area contributed by atoms with Gasteiger partial charge in [-0.05, 0) is 45.0 Å². The van der Waals surface area contributed by atoms with E-state index in [0.29, 0.717) is 0 Å². The standard InChI is InChI=1S/C17H26N4/c1-3-20-10-9-14(13-20)11-18-12-16-15-7-5-6-8-17(15)21(4-2)19-16/h5-8,14,18H,3-4,9-13H2,1-2H3. The first-order valence-corrected chi connectivity index (χ1v) is 8.19. The number of nitrogens with one attached hydrogen (secondary N) is 1. The van der Waals surface area contributed by atoms with Crippen molar-refractivity contribution in [3.8, 4) is 0 Å². The molecule has 0 saturated carbocycles. The highest BCUT2D eigenvalue weighted by Gasteiger charge is 2.20. The maximum atomic E-state index is 4.75. The second-order valence-corrected chi connectivity index (χ2v) is 5.96. The molecule has 21 heavy (non-hydrogen) atoms. The third-order valence-electron chi connectivity index (χ3n) is 4.58. The normalized spacial score (nSPS) is 19.6. The van der Waals surface area contributed by atoms with Gasteiger partial charge in [-0.3, -0.25) is 4.68 Å². The molecule has 114 valence electrons. The predicted octanol–water partition coefficient (Wildman–Crippen LogP) is 2.49. The van der Waals surface area contributed by atoms with E-state index < -0.39 is 0 Å². The lowest BCUT2D eigenvalue weighted by molar-refractivity contribution is 0.338. The molecule has 2 heterocycles. The van der Waals surface area contributed by atoms with Gasteiger partial charge in [0.1, 0.15) is 0 Å². The van der Waals surface area contributed by atoms with E-state index in [1.165, 1.54) is 42.7 Å². The minimum atomic E-state index is 0.796. The summed E-state index contributed by atoms with van der Waals surface area (Å²) in [5.41, 5.74) is 2.42. The summed E-state index contributed by atoms with van der Waals surface area (Å²) in [7, 11) is 0. The summed E-state index contributed by atoms with van der Waals surface area (Å²) in [6.07, 6.45) is 1.32. The maximum absolute atomic E-state index is 4.75. The zero-order valence-corrected chi connectivity index (χ0v) is 13.2. The molecule has 0 spiro atoms. The summed E-state index contributed by atoms with van der Waals surface area (Å²) < 4.78 is 2.10. The zero-order valence-electron chi connectivity index (χ0n) is 13.2. The molecular formula is C17H26N4. The lowest BCUT2D eigenvalue weighted by Gasteiger charge is -2.13. The molecule has 1 fully saturated rings. The molecule has 0 radical (unpaired) electrons. The third kappa shape index (κ3) is 3.11. The highest BCUT2D eigenvalue weighted by Crippen LogP contribution is 2.19. The van der Waals surface area contributed by atoms with Crippen LogP contribution in [0.4, 0.5) is 0 Å². The van der Waals surface area contributed by atoms with Crippen molar-refractivity contribution in [2.24, 2.45) is 5.92 Å². The van der Waals surface area contributed by atoms with E-state index in [1.54, 1.807) is 0 Å². The smallest absolute Gasteiger partial charge is 0.0841 e. The Morgan fingerprint density at radius 1 is 1.24 bits per heavy atom. The Hall–Kier alpha value is -1.39. The van der Waals surface area contributed by atoms with Crippen LogP contribution in [0.25, 0.3) is 10.9 Å². The van der Waals surface area contributed by atoms with Crippen LogP contribution in [0.5, 0.6) is 0 Å². The first kappa shape index (κ1) is 14.5. The van der Waals surface area contributed by atoms with Gasteiger partial charge in [-0.15, -0.1) is 0 Å². The molecule has 0 aliphatic carbocycles. The molecule has 1 unspecified atom stereocenters. The van der Waals surface area contributed by atoms with Gasteiger partial charge >= 0.3 is 0 Å². The first-order chi connectivity index (χ1) is 10.3. The monoisotopic (exact) mass is 286 g/mol. The van der Waals surface area contributed by atoms with Crippen molar-refractivity contribution in [3.05, 3.63) is 30.0 Å². The Labute approximate surface area is 127 Å². The van der Waals surface area contributed by atoms with E-state index in [0.717, 1.165) is 25.6 Å².